The van der Waals surface area contributed by atoms with E-state index in [2.05, 4.69) is 5.10 Å². The van der Waals surface area contributed by atoms with Crippen LogP contribution < -0.4 is 4.90 Å². The van der Waals surface area contributed by atoms with E-state index >= 15 is 0 Å². The maximum absolute atomic E-state index is 12.4. The van der Waals surface area contributed by atoms with Gasteiger partial charge >= 0.3 is 0 Å². The molecule has 0 aliphatic carbocycles. The van der Waals surface area contributed by atoms with Crippen molar-refractivity contribution in [2.45, 2.75) is 13.8 Å². The lowest BCUT2D eigenvalue weighted by atomic mass is 10.1. The Balaban J connectivity index is 2.33. The molecule has 2 rings (SSSR count). The average molecular weight is 294 g/mol. The molecule has 0 amide bonds. The summed E-state index contributed by atoms with van der Waals surface area (Å²) >= 11 is 0. The molecule has 0 spiro atoms. The summed E-state index contributed by atoms with van der Waals surface area (Å²) in [6.45, 7) is 3.60. The van der Waals surface area contributed by atoms with E-state index < -0.39 is 5.91 Å². The number of benzene rings is 1. The summed E-state index contributed by atoms with van der Waals surface area (Å²) in [4.78, 5) is 14.4. The van der Waals surface area contributed by atoms with Gasteiger partial charge < -0.3 is 4.90 Å². The number of nitriles is 1. The molecule has 5 nitrogen and oxygen atoms in total. The van der Waals surface area contributed by atoms with Crippen molar-refractivity contribution in [3.8, 4) is 6.07 Å². The van der Waals surface area contributed by atoms with E-state index in [-0.39, 0.29) is 5.57 Å². The molecule has 2 aromatic rings. The van der Waals surface area contributed by atoms with Crippen molar-refractivity contribution < 1.29 is 4.79 Å². The molecule has 0 N–H and O–H groups in total. The Morgan fingerprint density at radius 2 is 1.91 bits per heavy atom. The van der Waals surface area contributed by atoms with Crippen LogP contribution in [0.3, 0.4) is 0 Å². The first-order valence-electron chi connectivity index (χ1n) is 6.89. The lowest BCUT2D eigenvalue weighted by Gasteiger charge is -2.11. The number of allylic oxidation sites excluding steroid dienone is 1. The van der Waals surface area contributed by atoms with Gasteiger partial charge in [-0.1, -0.05) is 12.1 Å². The van der Waals surface area contributed by atoms with Gasteiger partial charge in [0.15, 0.2) is 0 Å². The zero-order valence-electron chi connectivity index (χ0n) is 13.2. The number of carbonyl (C=O) groups excluding carboxylic acids is 1. The molecule has 1 aromatic heterocycles. The first-order chi connectivity index (χ1) is 10.4. The van der Waals surface area contributed by atoms with Crippen LogP contribution in [0.15, 0.2) is 35.9 Å². The fraction of sp³-hybridized carbons (Fsp3) is 0.235. The molecule has 1 aromatic carbocycles. The zero-order valence-corrected chi connectivity index (χ0v) is 13.2. The largest absolute Gasteiger partial charge is 0.378 e. The number of nitrogens with zero attached hydrogens (tertiary/aromatic N) is 4. The van der Waals surface area contributed by atoms with E-state index in [1.54, 1.807) is 19.1 Å². The molecule has 0 unspecified atom stereocenters. The Morgan fingerprint density at radius 3 is 2.36 bits per heavy atom. The van der Waals surface area contributed by atoms with Gasteiger partial charge in [-0.15, -0.1) is 0 Å². The van der Waals surface area contributed by atoms with Crippen LogP contribution in [0, 0.1) is 25.2 Å². The minimum atomic E-state index is -0.412. The van der Waals surface area contributed by atoms with Gasteiger partial charge in [0.1, 0.15) is 11.6 Å². The minimum absolute atomic E-state index is 0.0591. The van der Waals surface area contributed by atoms with Crippen molar-refractivity contribution in [2.75, 3.05) is 19.0 Å². The maximum Gasteiger partial charge on any atom is 0.289 e. The smallest absolute Gasteiger partial charge is 0.289 e. The van der Waals surface area contributed by atoms with E-state index in [1.807, 2.05) is 56.3 Å². The van der Waals surface area contributed by atoms with Crippen LogP contribution in [0.2, 0.25) is 0 Å². The predicted molar refractivity (Wildman–Crippen MR) is 86.7 cm³/mol. The van der Waals surface area contributed by atoms with E-state index in [0.717, 1.165) is 16.9 Å². The molecule has 0 saturated heterocycles. The summed E-state index contributed by atoms with van der Waals surface area (Å²) in [6.07, 6.45) is 1.58. The monoisotopic (exact) mass is 294 g/mol. The Hall–Kier alpha value is -2.87. The predicted octanol–water partition coefficient (Wildman–Crippen LogP) is 2.81. The van der Waals surface area contributed by atoms with Gasteiger partial charge in [0, 0.05) is 25.5 Å². The van der Waals surface area contributed by atoms with E-state index in [1.165, 1.54) is 4.68 Å². The van der Waals surface area contributed by atoms with Crippen LogP contribution in [0.1, 0.15) is 21.7 Å². The molecule has 112 valence electrons. The number of aromatic nitrogens is 2. The van der Waals surface area contributed by atoms with Gasteiger partial charge in [0.05, 0.1) is 5.69 Å². The molecule has 0 fully saturated rings. The maximum atomic E-state index is 12.4. The second-order valence-electron chi connectivity index (χ2n) is 5.30. The van der Waals surface area contributed by atoms with Crippen LogP contribution in [-0.2, 0) is 0 Å². The number of carbonyl (C=O) groups is 1. The van der Waals surface area contributed by atoms with Crippen molar-refractivity contribution in [3.63, 3.8) is 0 Å². The number of rotatable bonds is 3. The third-order valence-corrected chi connectivity index (χ3v) is 3.27. The zero-order chi connectivity index (χ0) is 16.3. The highest BCUT2D eigenvalue weighted by Gasteiger charge is 2.15. The lowest BCUT2D eigenvalue weighted by Crippen LogP contribution is -2.15. The third-order valence-electron chi connectivity index (χ3n) is 3.27. The molecular weight excluding hydrogens is 276 g/mol. The quantitative estimate of drug-likeness (QED) is 0.645. The van der Waals surface area contributed by atoms with Crippen molar-refractivity contribution in [1.82, 2.24) is 9.78 Å². The number of hydrogen-bond acceptors (Lipinski definition) is 4. The van der Waals surface area contributed by atoms with Crippen LogP contribution in [0.4, 0.5) is 5.69 Å². The number of aryl methyl sites for hydroxylation is 2. The minimum Gasteiger partial charge on any atom is -0.378 e. The van der Waals surface area contributed by atoms with Gasteiger partial charge in [-0.25, -0.2) is 4.68 Å². The highest BCUT2D eigenvalue weighted by atomic mass is 16.2. The van der Waals surface area contributed by atoms with Crippen molar-refractivity contribution in [3.05, 3.63) is 52.9 Å². The molecule has 0 aliphatic heterocycles. The van der Waals surface area contributed by atoms with Gasteiger partial charge in [-0.2, -0.15) is 10.4 Å². The second kappa shape index (κ2) is 6.27. The lowest BCUT2D eigenvalue weighted by molar-refractivity contribution is 0.0944. The fourth-order valence-electron chi connectivity index (χ4n) is 2.13. The topological polar surface area (TPSA) is 61.9 Å². The summed E-state index contributed by atoms with van der Waals surface area (Å²) in [6, 6.07) is 11.4. The van der Waals surface area contributed by atoms with Gasteiger partial charge in [0.2, 0.25) is 0 Å². The van der Waals surface area contributed by atoms with Crippen molar-refractivity contribution in [2.24, 2.45) is 0 Å². The molecule has 0 atom stereocenters. The molecule has 0 bridgehead atoms. The van der Waals surface area contributed by atoms with Crippen LogP contribution in [0.5, 0.6) is 0 Å². The van der Waals surface area contributed by atoms with Gasteiger partial charge in [-0.3, -0.25) is 4.79 Å². The normalized spacial score (nSPS) is 11.1. The fourth-order valence-corrected chi connectivity index (χ4v) is 2.13. The highest BCUT2D eigenvalue weighted by molar-refractivity contribution is 6.03. The molecule has 22 heavy (non-hydrogen) atoms. The molecule has 0 saturated carbocycles. The van der Waals surface area contributed by atoms with E-state index in [4.69, 9.17) is 0 Å². The Morgan fingerprint density at radius 1 is 1.27 bits per heavy atom. The van der Waals surface area contributed by atoms with E-state index in [9.17, 15) is 10.1 Å². The summed E-state index contributed by atoms with van der Waals surface area (Å²) in [7, 11) is 3.91. The SMILES string of the molecule is Cc1cc(C)n(C(=O)/C(C#N)=C/c2ccc(N(C)C)cc2)n1. The Kier molecular flexibility index (Phi) is 4.42. The Labute approximate surface area is 130 Å². The second-order valence-corrected chi connectivity index (χ2v) is 5.30. The average Bonchev–Trinajstić information content (AvgIpc) is 2.83. The standard InChI is InChI=1S/C17H18N4O/c1-12-9-13(2)21(19-12)17(22)15(11-18)10-14-5-7-16(8-6-14)20(3)4/h5-10H,1-4H3/b15-10+. The first-order valence-corrected chi connectivity index (χ1v) is 6.89. The van der Waals surface area contributed by atoms with Crippen LogP contribution >= 0.6 is 0 Å². The summed E-state index contributed by atoms with van der Waals surface area (Å²) < 4.78 is 1.26. The van der Waals surface area contributed by atoms with Crippen LogP contribution in [-0.4, -0.2) is 29.8 Å². The molecule has 0 radical (unpaired) electrons. The summed E-state index contributed by atoms with van der Waals surface area (Å²) in [5.41, 5.74) is 3.38. The number of anilines is 1. The van der Waals surface area contributed by atoms with Crippen LogP contribution in [0.25, 0.3) is 6.08 Å². The van der Waals surface area contributed by atoms with Gasteiger partial charge in [-0.05, 0) is 43.7 Å². The van der Waals surface area contributed by atoms with Gasteiger partial charge in [0.25, 0.3) is 5.91 Å². The van der Waals surface area contributed by atoms with Crippen molar-refractivity contribution in [1.29, 1.82) is 5.26 Å². The summed E-state index contributed by atoms with van der Waals surface area (Å²) in [5.74, 6) is -0.412. The first kappa shape index (κ1) is 15.5. The molecule has 5 heteroatoms. The molecule has 1 heterocycles. The van der Waals surface area contributed by atoms with E-state index in [0.29, 0.717) is 5.69 Å². The highest BCUT2D eigenvalue weighted by Crippen LogP contribution is 2.15. The molecular formula is C17H18N4O. The number of hydrogen-bond donors (Lipinski definition) is 0. The third kappa shape index (κ3) is 3.23. The Bertz CT molecular complexity index is 761. The molecule has 0 aliphatic rings. The summed E-state index contributed by atoms with van der Waals surface area (Å²) in [5, 5.41) is 13.4. The van der Waals surface area contributed by atoms with Crippen molar-refractivity contribution >= 4 is 17.7 Å².